The number of nitrogens with one attached hydrogen (secondary N) is 1. The first-order valence-electron chi connectivity index (χ1n) is 7.71. The Labute approximate surface area is 116 Å². The van der Waals surface area contributed by atoms with E-state index in [1.54, 1.807) is 0 Å². The Morgan fingerprint density at radius 2 is 2.21 bits per heavy atom. The van der Waals surface area contributed by atoms with Gasteiger partial charge in [0, 0.05) is 25.7 Å². The van der Waals surface area contributed by atoms with Crippen molar-refractivity contribution in [3.8, 4) is 0 Å². The fourth-order valence-corrected chi connectivity index (χ4v) is 3.73. The highest BCUT2D eigenvalue weighted by atomic mass is 15.3. The Kier molecular flexibility index (Phi) is 3.89. The van der Waals surface area contributed by atoms with Gasteiger partial charge in [0.15, 0.2) is 0 Å². The molecule has 106 valence electrons. The van der Waals surface area contributed by atoms with E-state index in [1.165, 1.54) is 50.9 Å². The van der Waals surface area contributed by atoms with Gasteiger partial charge in [-0.1, -0.05) is 6.42 Å². The van der Waals surface area contributed by atoms with Gasteiger partial charge in [0.05, 0.1) is 11.4 Å². The molecule has 2 fully saturated rings. The molecule has 3 heterocycles. The lowest BCUT2D eigenvalue weighted by molar-refractivity contribution is 0.109. The molecule has 0 saturated carbocycles. The first-order chi connectivity index (χ1) is 9.24. The van der Waals surface area contributed by atoms with Crippen LogP contribution >= 0.6 is 0 Å². The summed E-state index contributed by atoms with van der Waals surface area (Å²) in [7, 11) is 2.06. The highest BCUT2D eigenvalue weighted by Gasteiger charge is 2.31. The summed E-state index contributed by atoms with van der Waals surface area (Å²) < 4.78 is 2.04. The van der Waals surface area contributed by atoms with Gasteiger partial charge in [-0.3, -0.25) is 9.58 Å². The van der Waals surface area contributed by atoms with Gasteiger partial charge in [0.2, 0.25) is 0 Å². The summed E-state index contributed by atoms with van der Waals surface area (Å²) in [5.41, 5.74) is 2.48. The molecule has 2 unspecified atom stereocenters. The fraction of sp³-hybridized carbons (Fsp3) is 0.800. The van der Waals surface area contributed by atoms with E-state index in [1.807, 2.05) is 4.68 Å². The predicted octanol–water partition coefficient (Wildman–Crippen LogP) is 1.84. The van der Waals surface area contributed by atoms with Crippen molar-refractivity contribution in [2.45, 2.75) is 57.7 Å². The number of hydrogen-bond donors (Lipinski definition) is 1. The van der Waals surface area contributed by atoms with E-state index in [4.69, 9.17) is 0 Å². The highest BCUT2D eigenvalue weighted by molar-refractivity contribution is 5.09. The zero-order valence-corrected chi connectivity index (χ0v) is 12.2. The molecular weight excluding hydrogens is 236 g/mol. The lowest BCUT2D eigenvalue weighted by Crippen LogP contribution is -2.49. The average molecular weight is 262 g/mol. The second kappa shape index (κ2) is 5.63. The largest absolute Gasteiger partial charge is 0.312 e. The third kappa shape index (κ3) is 2.84. The standard InChI is InChI=1S/C15H26N4/c1-12-10-13(18(2)17-12)11-19-9-4-3-7-15(19)14-6-5-8-16-14/h10,14-16H,3-9,11H2,1-2H3. The molecule has 0 amide bonds. The molecule has 0 aliphatic carbocycles. The number of rotatable bonds is 3. The first kappa shape index (κ1) is 13.1. The number of likely N-dealkylation sites (tertiary alicyclic amines) is 1. The molecule has 2 saturated heterocycles. The second-order valence-corrected chi connectivity index (χ2v) is 6.14. The van der Waals surface area contributed by atoms with E-state index in [-0.39, 0.29) is 0 Å². The average Bonchev–Trinajstić information content (AvgIpc) is 3.01. The molecule has 0 bridgehead atoms. The van der Waals surface area contributed by atoms with E-state index >= 15 is 0 Å². The van der Waals surface area contributed by atoms with Gasteiger partial charge in [0.1, 0.15) is 0 Å². The van der Waals surface area contributed by atoms with Crippen molar-refractivity contribution in [1.29, 1.82) is 0 Å². The van der Waals surface area contributed by atoms with E-state index in [0.717, 1.165) is 24.3 Å². The van der Waals surface area contributed by atoms with Crippen LogP contribution in [0.2, 0.25) is 0 Å². The number of nitrogens with zero attached hydrogens (tertiary/aromatic N) is 3. The van der Waals surface area contributed by atoms with Crippen LogP contribution in [0.15, 0.2) is 6.07 Å². The maximum atomic E-state index is 4.47. The maximum absolute atomic E-state index is 4.47. The third-order valence-electron chi connectivity index (χ3n) is 4.69. The topological polar surface area (TPSA) is 33.1 Å². The number of aromatic nitrogens is 2. The van der Waals surface area contributed by atoms with Crippen LogP contribution in [0.1, 0.15) is 43.5 Å². The SMILES string of the molecule is Cc1cc(CN2CCCCC2C2CCCN2)n(C)n1. The predicted molar refractivity (Wildman–Crippen MR) is 77.0 cm³/mol. The zero-order valence-electron chi connectivity index (χ0n) is 12.2. The summed E-state index contributed by atoms with van der Waals surface area (Å²) in [4.78, 5) is 2.68. The molecule has 1 N–H and O–H groups in total. The van der Waals surface area contributed by atoms with Crippen molar-refractivity contribution >= 4 is 0 Å². The van der Waals surface area contributed by atoms with Crippen molar-refractivity contribution in [3.63, 3.8) is 0 Å². The van der Waals surface area contributed by atoms with Crippen LogP contribution in [0.25, 0.3) is 0 Å². The van der Waals surface area contributed by atoms with Gasteiger partial charge in [-0.25, -0.2) is 0 Å². The smallest absolute Gasteiger partial charge is 0.0597 e. The molecule has 1 aromatic rings. The molecule has 2 atom stereocenters. The van der Waals surface area contributed by atoms with Crippen molar-refractivity contribution in [3.05, 3.63) is 17.5 Å². The summed E-state index contributed by atoms with van der Waals surface area (Å²) in [5, 5.41) is 8.17. The van der Waals surface area contributed by atoms with Crippen molar-refractivity contribution < 1.29 is 0 Å². The second-order valence-electron chi connectivity index (χ2n) is 6.14. The zero-order chi connectivity index (χ0) is 13.2. The van der Waals surface area contributed by atoms with Crippen LogP contribution in [-0.4, -0.2) is 39.9 Å². The molecule has 4 heteroatoms. The van der Waals surface area contributed by atoms with E-state index in [9.17, 15) is 0 Å². The van der Waals surface area contributed by atoms with Crippen LogP contribution in [0.4, 0.5) is 0 Å². The van der Waals surface area contributed by atoms with Gasteiger partial charge in [-0.05, 0) is 51.8 Å². The Morgan fingerprint density at radius 1 is 1.32 bits per heavy atom. The van der Waals surface area contributed by atoms with Gasteiger partial charge in [-0.15, -0.1) is 0 Å². The molecule has 0 spiro atoms. The third-order valence-corrected chi connectivity index (χ3v) is 4.69. The van der Waals surface area contributed by atoms with E-state index in [0.29, 0.717) is 0 Å². The monoisotopic (exact) mass is 262 g/mol. The summed E-state index contributed by atoms with van der Waals surface area (Å²) >= 11 is 0. The van der Waals surface area contributed by atoms with Crippen LogP contribution in [0.5, 0.6) is 0 Å². The highest BCUT2D eigenvalue weighted by Crippen LogP contribution is 2.25. The Bertz CT molecular complexity index is 420. The lowest BCUT2D eigenvalue weighted by atomic mass is 9.94. The molecule has 2 aliphatic heterocycles. The first-order valence-corrected chi connectivity index (χ1v) is 7.71. The lowest BCUT2D eigenvalue weighted by Gasteiger charge is -2.39. The molecular formula is C15H26N4. The summed E-state index contributed by atoms with van der Waals surface area (Å²) in [6.45, 7) is 5.59. The quantitative estimate of drug-likeness (QED) is 0.902. The van der Waals surface area contributed by atoms with Gasteiger partial charge >= 0.3 is 0 Å². The van der Waals surface area contributed by atoms with Crippen LogP contribution in [0, 0.1) is 6.92 Å². The minimum atomic E-state index is 0.717. The Morgan fingerprint density at radius 3 is 2.89 bits per heavy atom. The minimum absolute atomic E-state index is 0.717. The van der Waals surface area contributed by atoms with Gasteiger partial charge < -0.3 is 5.32 Å². The van der Waals surface area contributed by atoms with Crippen molar-refractivity contribution in [2.75, 3.05) is 13.1 Å². The molecule has 0 radical (unpaired) electrons. The number of aryl methyl sites for hydroxylation is 2. The Balaban J connectivity index is 1.71. The van der Waals surface area contributed by atoms with Crippen LogP contribution in [-0.2, 0) is 13.6 Å². The maximum Gasteiger partial charge on any atom is 0.0597 e. The van der Waals surface area contributed by atoms with Gasteiger partial charge in [0.25, 0.3) is 0 Å². The number of piperidine rings is 1. The molecule has 3 rings (SSSR count). The Hall–Kier alpha value is -0.870. The van der Waals surface area contributed by atoms with Crippen LogP contribution in [0.3, 0.4) is 0 Å². The molecule has 2 aliphatic rings. The molecule has 0 aromatic carbocycles. The van der Waals surface area contributed by atoms with E-state index < -0.39 is 0 Å². The number of hydrogen-bond acceptors (Lipinski definition) is 3. The minimum Gasteiger partial charge on any atom is -0.312 e. The molecule has 19 heavy (non-hydrogen) atoms. The summed E-state index contributed by atoms with van der Waals surface area (Å²) in [6.07, 6.45) is 6.80. The van der Waals surface area contributed by atoms with Crippen LogP contribution < -0.4 is 5.32 Å². The normalized spacial score (nSPS) is 28.9. The summed E-state index contributed by atoms with van der Waals surface area (Å²) in [6, 6.07) is 3.68. The summed E-state index contributed by atoms with van der Waals surface area (Å²) in [5.74, 6) is 0. The van der Waals surface area contributed by atoms with Gasteiger partial charge in [-0.2, -0.15) is 5.10 Å². The molecule has 4 nitrogen and oxygen atoms in total. The van der Waals surface area contributed by atoms with E-state index in [2.05, 4.69) is 35.4 Å². The van der Waals surface area contributed by atoms with Crippen molar-refractivity contribution in [2.24, 2.45) is 7.05 Å². The van der Waals surface area contributed by atoms with Crippen molar-refractivity contribution in [1.82, 2.24) is 20.0 Å². The molecule has 1 aromatic heterocycles. The fourth-order valence-electron chi connectivity index (χ4n) is 3.73.